The number of hydrogen-bond donors (Lipinski definition) is 1. The second kappa shape index (κ2) is 7.14. The lowest BCUT2D eigenvalue weighted by Gasteiger charge is -2.09. The van der Waals surface area contributed by atoms with Gasteiger partial charge in [0.2, 0.25) is 0 Å². The molecule has 10 heteroatoms. The van der Waals surface area contributed by atoms with Crippen molar-refractivity contribution >= 4 is 16.8 Å². The topological polar surface area (TPSA) is 86.0 Å². The number of ether oxygens (including phenoxy) is 1. The third-order valence-electron chi connectivity index (χ3n) is 3.77. The first-order chi connectivity index (χ1) is 13.5. The van der Waals surface area contributed by atoms with Crippen molar-refractivity contribution in [3.8, 4) is 17.0 Å². The highest BCUT2D eigenvalue weighted by Crippen LogP contribution is 2.29. The van der Waals surface area contributed by atoms with Crippen LogP contribution in [0.25, 0.3) is 22.2 Å². The number of hydrogen-bond acceptors (Lipinski definition) is 7. The van der Waals surface area contributed by atoms with Gasteiger partial charge in [0.1, 0.15) is 11.6 Å². The Hall–Kier alpha value is -3.69. The standard InChI is InChI=1S/C18H12F3N5O2/c19-18(20,21)27-12-4-2-11(3-5-12)14-8-13-15(9-24-14)28-26-17(13)25-10-16-22-6-1-7-23-16/h1-9H,10H2,(H,25,26). The predicted octanol–water partition coefficient (Wildman–Crippen LogP) is 4.19. The number of nitrogens with zero attached hydrogens (tertiary/aromatic N) is 4. The summed E-state index contributed by atoms with van der Waals surface area (Å²) in [5.41, 5.74) is 1.64. The number of anilines is 1. The third kappa shape index (κ3) is 4.00. The molecule has 3 heterocycles. The summed E-state index contributed by atoms with van der Waals surface area (Å²) in [5.74, 6) is 0.781. The molecule has 3 aromatic heterocycles. The summed E-state index contributed by atoms with van der Waals surface area (Å²) in [7, 11) is 0. The van der Waals surface area contributed by atoms with Gasteiger partial charge in [0.05, 0.1) is 23.8 Å². The van der Waals surface area contributed by atoms with Crippen LogP contribution in [-0.4, -0.2) is 26.5 Å². The number of aromatic nitrogens is 4. The number of rotatable bonds is 5. The first kappa shape index (κ1) is 17.7. The zero-order valence-corrected chi connectivity index (χ0v) is 14.1. The molecule has 4 rings (SSSR count). The zero-order chi connectivity index (χ0) is 19.6. The Morgan fingerprint density at radius 2 is 1.79 bits per heavy atom. The van der Waals surface area contributed by atoms with Crippen molar-refractivity contribution in [3.05, 3.63) is 60.8 Å². The summed E-state index contributed by atoms with van der Waals surface area (Å²) >= 11 is 0. The lowest BCUT2D eigenvalue weighted by atomic mass is 10.1. The minimum atomic E-state index is -4.73. The SMILES string of the molecule is FC(F)(F)Oc1ccc(-c2cc3c(NCc4ncccn4)noc3cn2)cc1. The highest BCUT2D eigenvalue weighted by Gasteiger charge is 2.31. The van der Waals surface area contributed by atoms with Gasteiger partial charge in [-0.05, 0) is 36.4 Å². The van der Waals surface area contributed by atoms with Gasteiger partial charge < -0.3 is 14.6 Å². The molecule has 0 aliphatic rings. The molecule has 28 heavy (non-hydrogen) atoms. The molecule has 0 atom stereocenters. The van der Waals surface area contributed by atoms with E-state index in [9.17, 15) is 13.2 Å². The fraction of sp³-hybridized carbons (Fsp3) is 0.111. The number of halogens is 3. The molecule has 0 bridgehead atoms. The van der Waals surface area contributed by atoms with Gasteiger partial charge >= 0.3 is 6.36 Å². The van der Waals surface area contributed by atoms with E-state index in [1.54, 1.807) is 24.5 Å². The van der Waals surface area contributed by atoms with E-state index < -0.39 is 6.36 Å². The normalized spacial score (nSPS) is 11.5. The Morgan fingerprint density at radius 1 is 1.04 bits per heavy atom. The van der Waals surface area contributed by atoms with E-state index in [-0.39, 0.29) is 5.75 Å². The Kier molecular flexibility index (Phi) is 4.52. The van der Waals surface area contributed by atoms with E-state index in [2.05, 4.69) is 30.2 Å². The average molecular weight is 387 g/mol. The molecule has 0 saturated heterocycles. The van der Waals surface area contributed by atoms with Crippen molar-refractivity contribution in [2.45, 2.75) is 12.9 Å². The molecular weight excluding hydrogens is 375 g/mol. The molecule has 0 aliphatic carbocycles. The van der Waals surface area contributed by atoms with Gasteiger partial charge in [-0.1, -0.05) is 5.16 Å². The van der Waals surface area contributed by atoms with Gasteiger partial charge in [-0.3, -0.25) is 4.98 Å². The number of pyridine rings is 1. The van der Waals surface area contributed by atoms with Crippen LogP contribution in [-0.2, 0) is 6.54 Å². The summed E-state index contributed by atoms with van der Waals surface area (Å²) in [6.45, 7) is 0.351. The van der Waals surface area contributed by atoms with Gasteiger partial charge in [-0.15, -0.1) is 13.2 Å². The van der Waals surface area contributed by atoms with Crippen molar-refractivity contribution in [2.24, 2.45) is 0 Å². The second-order valence-electron chi connectivity index (χ2n) is 5.69. The summed E-state index contributed by atoms with van der Waals surface area (Å²) in [5, 5.41) is 7.75. The van der Waals surface area contributed by atoms with Crippen LogP contribution in [0.4, 0.5) is 19.0 Å². The highest BCUT2D eigenvalue weighted by molar-refractivity contribution is 5.90. The van der Waals surface area contributed by atoms with Crippen molar-refractivity contribution < 1.29 is 22.4 Å². The lowest BCUT2D eigenvalue weighted by Crippen LogP contribution is -2.16. The van der Waals surface area contributed by atoms with Crippen molar-refractivity contribution in [3.63, 3.8) is 0 Å². The van der Waals surface area contributed by atoms with Gasteiger partial charge in [-0.2, -0.15) is 0 Å². The fourth-order valence-electron chi connectivity index (χ4n) is 2.54. The lowest BCUT2D eigenvalue weighted by molar-refractivity contribution is -0.274. The van der Waals surface area contributed by atoms with Crippen LogP contribution in [0, 0.1) is 0 Å². The largest absolute Gasteiger partial charge is 0.573 e. The van der Waals surface area contributed by atoms with E-state index in [0.29, 0.717) is 40.4 Å². The average Bonchev–Trinajstić information content (AvgIpc) is 3.09. The van der Waals surface area contributed by atoms with Crippen LogP contribution in [0.1, 0.15) is 5.82 Å². The molecule has 0 spiro atoms. The number of benzene rings is 1. The van der Waals surface area contributed by atoms with E-state index in [0.717, 1.165) is 0 Å². The monoisotopic (exact) mass is 387 g/mol. The first-order valence-corrected chi connectivity index (χ1v) is 8.09. The van der Waals surface area contributed by atoms with Gasteiger partial charge in [-0.25, -0.2) is 9.97 Å². The Balaban J connectivity index is 1.57. The maximum absolute atomic E-state index is 12.3. The van der Waals surface area contributed by atoms with Crippen LogP contribution in [0.5, 0.6) is 5.75 Å². The van der Waals surface area contributed by atoms with Gasteiger partial charge in [0.15, 0.2) is 11.4 Å². The molecule has 0 fully saturated rings. The Bertz CT molecular complexity index is 1080. The Morgan fingerprint density at radius 3 is 2.50 bits per heavy atom. The maximum atomic E-state index is 12.3. The van der Waals surface area contributed by atoms with Crippen LogP contribution >= 0.6 is 0 Å². The molecule has 4 aromatic rings. The predicted molar refractivity (Wildman–Crippen MR) is 93.3 cm³/mol. The molecule has 1 aromatic carbocycles. The van der Waals surface area contributed by atoms with Crippen LogP contribution in [0.3, 0.4) is 0 Å². The summed E-state index contributed by atoms with van der Waals surface area (Å²) in [6, 6.07) is 8.90. The van der Waals surface area contributed by atoms with Crippen molar-refractivity contribution in [2.75, 3.05) is 5.32 Å². The first-order valence-electron chi connectivity index (χ1n) is 8.09. The van der Waals surface area contributed by atoms with Crippen LogP contribution in [0.2, 0.25) is 0 Å². The quantitative estimate of drug-likeness (QED) is 0.549. The van der Waals surface area contributed by atoms with Crippen molar-refractivity contribution in [1.29, 1.82) is 0 Å². The summed E-state index contributed by atoms with van der Waals surface area (Å²) in [4.78, 5) is 12.5. The van der Waals surface area contributed by atoms with Crippen molar-refractivity contribution in [1.82, 2.24) is 20.1 Å². The molecular formula is C18H12F3N5O2. The second-order valence-corrected chi connectivity index (χ2v) is 5.69. The molecule has 0 unspecified atom stereocenters. The molecule has 0 aliphatic heterocycles. The van der Waals surface area contributed by atoms with Gasteiger partial charge in [0, 0.05) is 18.0 Å². The van der Waals surface area contributed by atoms with E-state index >= 15 is 0 Å². The molecule has 0 saturated carbocycles. The minimum absolute atomic E-state index is 0.299. The van der Waals surface area contributed by atoms with E-state index in [1.807, 2.05) is 0 Å². The Labute approximate surface area is 156 Å². The number of nitrogens with one attached hydrogen (secondary N) is 1. The molecule has 7 nitrogen and oxygen atoms in total. The zero-order valence-electron chi connectivity index (χ0n) is 14.1. The minimum Gasteiger partial charge on any atom is -0.406 e. The fourth-order valence-corrected chi connectivity index (χ4v) is 2.54. The van der Waals surface area contributed by atoms with E-state index in [1.165, 1.54) is 30.5 Å². The molecule has 0 radical (unpaired) electrons. The molecule has 142 valence electrons. The number of alkyl halides is 3. The molecule has 1 N–H and O–H groups in total. The summed E-state index contributed by atoms with van der Waals surface area (Å²) < 4.78 is 45.9. The van der Waals surface area contributed by atoms with Gasteiger partial charge in [0.25, 0.3) is 0 Å². The summed E-state index contributed by atoms with van der Waals surface area (Å²) in [6.07, 6.45) is 0.0460. The van der Waals surface area contributed by atoms with E-state index in [4.69, 9.17) is 4.52 Å². The molecule has 0 amide bonds. The van der Waals surface area contributed by atoms with Crippen LogP contribution < -0.4 is 10.1 Å². The number of fused-ring (bicyclic) bond motifs is 1. The maximum Gasteiger partial charge on any atom is 0.573 e. The van der Waals surface area contributed by atoms with Crippen LogP contribution in [0.15, 0.2) is 59.5 Å². The third-order valence-corrected chi connectivity index (χ3v) is 3.77. The highest BCUT2D eigenvalue weighted by atomic mass is 19.4. The smallest absolute Gasteiger partial charge is 0.406 e.